The van der Waals surface area contributed by atoms with E-state index < -0.39 is 17.6 Å². The number of aromatic amines is 1. The predicted octanol–water partition coefficient (Wildman–Crippen LogP) is 2.22. The minimum Gasteiger partial charge on any atom is -0.383 e. The third kappa shape index (κ3) is 5.70. The molecule has 0 atom stereocenters. The molecule has 1 aliphatic heterocycles. The molecule has 0 spiro atoms. The number of amides is 1. The number of nitrogens with two attached hydrogens (primary N) is 1. The molecule has 0 radical (unpaired) electrons. The fourth-order valence-corrected chi connectivity index (χ4v) is 4.06. The minimum atomic E-state index is -4.55. The summed E-state index contributed by atoms with van der Waals surface area (Å²) in [6, 6.07) is 7.69. The van der Waals surface area contributed by atoms with Crippen LogP contribution < -0.4 is 16.2 Å². The third-order valence-corrected chi connectivity index (χ3v) is 5.95. The molecule has 186 valence electrons. The topological polar surface area (TPSA) is 117 Å². The zero-order valence-corrected chi connectivity index (χ0v) is 18.8. The highest BCUT2D eigenvalue weighted by Gasteiger charge is 2.34. The maximum atomic E-state index is 12.9. The van der Waals surface area contributed by atoms with Crippen molar-refractivity contribution in [1.82, 2.24) is 20.1 Å². The number of pyridine rings is 1. The second kappa shape index (κ2) is 10.3. The Hall–Kier alpha value is -3.67. The first-order chi connectivity index (χ1) is 16.7. The van der Waals surface area contributed by atoms with E-state index in [0.29, 0.717) is 50.4 Å². The van der Waals surface area contributed by atoms with Crippen molar-refractivity contribution in [3.8, 4) is 0 Å². The van der Waals surface area contributed by atoms with E-state index in [0.717, 1.165) is 17.0 Å². The summed E-state index contributed by atoms with van der Waals surface area (Å²) in [7, 11) is 0. The van der Waals surface area contributed by atoms with Crippen LogP contribution in [0.1, 0.15) is 17.5 Å². The van der Waals surface area contributed by atoms with Gasteiger partial charge in [0.2, 0.25) is 5.91 Å². The molecule has 1 amide bonds. The molecule has 4 rings (SSSR count). The van der Waals surface area contributed by atoms with Crippen LogP contribution in [0.25, 0.3) is 10.8 Å². The van der Waals surface area contributed by atoms with E-state index in [1.165, 1.54) is 6.07 Å². The lowest BCUT2D eigenvalue weighted by molar-refractivity contribution is -0.137. The number of nitrogens with one attached hydrogen (secondary N) is 1. The quantitative estimate of drug-likeness (QED) is 0.488. The van der Waals surface area contributed by atoms with Gasteiger partial charge in [0.25, 0.3) is 5.56 Å². The van der Waals surface area contributed by atoms with Crippen molar-refractivity contribution in [3.05, 3.63) is 58.0 Å². The predicted molar refractivity (Wildman–Crippen MR) is 124 cm³/mol. The van der Waals surface area contributed by atoms with Crippen LogP contribution in [-0.4, -0.2) is 65.4 Å². The Bertz CT molecular complexity index is 1260. The number of hydrogen-bond donors (Lipinski definition) is 2. The zero-order chi connectivity index (χ0) is 25.0. The number of carbonyl (C=O) groups is 1. The Morgan fingerprint density at radius 1 is 1.09 bits per heavy atom. The molecule has 0 unspecified atom stereocenters. The summed E-state index contributed by atoms with van der Waals surface area (Å²) in [5.74, 6) is -0.251. The van der Waals surface area contributed by atoms with E-state index in [1.807, 2.05) is 12.1 Å². The van der Waals surface area contributed by atoms with Crippen LogP contribution in [0, 0.1) is 0 Å². The van der Waals surface area contributed by atoms with Crippen LogP contribution in [0.3, 0.4) is 0 Å². The Morgan fingerprint density at radius 3 is 2.57 bits per heavy atom. The van der Waals surface area contributed by atoms with E-state index in [4.69, 9.17) is 10.5 Å². The van der Waals surface area contributed by atoms with Gasteiger partial charge in [-0.05, 0) is 30.2 Å². The van der Waals surface area contributed by atoms with E-state index in [9.17, 15) is 22.8 Å². The fourth-order valence-electron chi connectivity index (χ4n) is 4.06. The second-order valence-corrected chi connectivity index (χ2v) is 8.16. The van der Waals surface area contributed by atoms with E-state index in [2.05, 4.69) is 15.2 Å². The number of ether oxygens (including phenoxy) is 1. The molecule has 2 aromatic heterocycles. The first kappa shape index (κ1) is 24.5. The van der Waals surface area contributed by atoms with E-state index in [-0.39, 0.29) is 24.5 Å². The molecule has 9 nitrogen and oxygen atoms in total. The Labute approximate surface area is 198 Å². The van der Waals surface area contributed by atoms with Gasteiger partial charge < -0.3 is 20.3 Å². The van der Waals surface area contributed by atoms with Crippen LogP contribution in [0.5, 0.6) is 0 Å². The van der Waals surface area contributed by atoms with Crippen LogP contribution in [0.2, 0.25) is 0 Å². The molecule has 1 aromatic carbocycles. The van der Waals surface area contributed by atoms with Gasteiger partial charge in [0.15, 0.2) is 0 Å². The number of hydrogen-bond acceptors (Lipinski definition) is 7. The molecule has 3 aromatic rings. The summed E-state index contributed by atoms with van der Waals surface area (Å²) >= 11 is 0. The Morgan fingerprint density at radius 2 is 1.86 bits per heavy atom. The van der Waals surface area contributed by atoms with Gasteiger partial charge in [0.1, 0.15) is 11.6 Å². The Kier molecular flexibility index (Phi) is 7.20. The molecule has 1 aliphatic rings. The summed E-state index contributed by atoms with van der Waals surface area (Å²) in [6.45, 7) is 2.41. The standard InChI is InChI=1S/C23H25F3N6O3/c24-23(25,26)18-4-5-19(29-21(18)27)31-8-10-32(11-9-31)20(33)7-13-35-12-6-15-2-1-3-16-17(15)14-28-30-22(16)34/h1-5,14H,6-13H2,(H2,27,29)(H,30,34). The van der Waals surface area contributed by atoms with Crippen molar-refractivity contribution in [2.45, 2.75) is 19.0 Å². The molecule has 0 aliphatic carbocycles. The monoisotopic (exact) mass is 490 g/mol. The summed E-state index contributed by atoms with van der Waals surface area (Å²) in [5, 5.41) is 7.61. The number of nitrogens with zero attached hydrogens (tertiary/aromatic N) is 4. The molecular weight excluding hydrogens is 465 g/mol. The summed E-state index contributed by atoms with van der Waals surface area (Å²) < 4.78 is 44.3. The summed E-state index contributed by atoms with van der Waals surface area (Å²) in [5.41, 5.74) is 5.23. The molecular formula is C23H25F3N6O3. The van der Waals surface area contributed by atoms with Crippen LogP contribution in [0.15, 0.2) is 41.3 Å². The lowest BCUT2D eigenvalue weighted by Gasteiger charge is -2.35. The summed E-state index contributed by atoms with van der Waals surface area (Å²) in [6.07, 6.45) is -2.13. The smallest absolute Gasteiger partial charge is 0.383 e. The largest absolute Gasteiger partial charge is 0.419 e. The van der Waals surface area contributed by atoms with E-state index in [1.54, 1.807) is 22.1 Å². The van der Waals surface area contributed by atoms with Crippen molar-refractivity contribution in [3.63, 3.8) is 0 Å². The average molecular weight is 490 g/mol. The van der Waals surface area contributed by atoms with Crippen LogP contribution in [0.4, 0.5) is 24.8 Å². The molecule has 3 heterocycles. The number of anilines is 2. The normalized spacial score (nSPS) is 14.5. The lowest BCUT2D eigenvalue weighted by Crippen LogP contribution is -2.49. The van der Waals surface area contributed by atoms with Crippen molar-refractivity contribution >= 4 is 28.3 Å². The highest BCUT2D eigenvalue weighted by Crippen LogP contribution is 2.33. The molecule has 0 saturated carbocycles. The van der Waals surface area contributed by atoms with Crippen LogP contribution >= 0.6 is 0 Å². The van der Waals surface area contributed by atoms with Gasteiger partial charge in [-0.2, -0.15) is 18.3 Å². The number of halogens is 3. The van der Waals surface area contributed by atoms with Crippen molar-refractivity contribution in [2.24, 2.45) is 0 Å². The van der Waals surface area contributed by atoms with Crippen molar-refractivity contribution < 1.29 is 22.7 Å². The SMILES string of the molecule is Nc1nc(N2CCN(C(=O)CCOCCc3cccc4c(=O)[nH]ncc34)CC2)ccc1C(F)(F)F. The van der Waals surface area contributed by atoms with Crippen molar-refractivity contribution in [2.75, 3.05) is 50.0 Å². The average Bonchev–Trinajstić information content (AvgIpc) is 2.83. The van der Waals surface area contributed by atoms with Crippen molar-refractivity contribution in [1.29, 1.82) is 0 Å². The maximum absolute atomic E-state index is 12.9. The third-order valence-electron chi connectivity index (χ3n) is 5.95. The number of fused-ring (bicyclic) bond motifs is 1. The molecule has 1 saturated heterocycles. The molecule has 3 N–H and O–H groups in total. The van der Waals surface area contributed by atoms with Gasteiger partial charge in [0, 0.05) is 31.6 Å². The van der Waals surface area contributed by atoms with Gasteiger partial charge in [-0.15, -0.1) is 0 Å². The molecule has 12 heteroatoms. The number of nitrogen functional groups attached to an aromatic ring is 1. The van der Waals surface area contributed by atoms with Gasteiger partial charge in [-0.1, -0.05) is 12.1 Å². The maximum Gasteiger partial charge on any atom is 0.419 e. The zero-order valence-electron chi connectivity index (χ0n) is 18.8. The number of alkyl halides is 3. The fraction of sp³-hybridized carbons (Fsp3) is 0.391. The van der Waals surface area contributed by atoms with Gasteiger partial charge in [-0.3, -0.25) is 9.59 Å². The molecule has 1 fully saturated rings. The molecule has 0 bridgehead atoms. The number of H-pyrrole nitrogens is 1. The molecule has 35 heavy (non-hydrogen) atoms. The number of carbonyl (C=O) groups excluding carboxylic acids is 1. The highest BCUT2D eigenvalue weighted by molar-refractivity contribution is 5.83. The van der Waals surface area contributed by atoms with Gasteiger partial charge >= 0.3 is 6.18 Å². The number of benzene rings is 1. The summed E-state index contributed by atoms with van der Waals surface area (Å²) in [4.78, 5) is 31.8. The first-order valence-electron chi connectivity index (χ1n) is 11.1. The second-order valence-electron chi connectivity index (χ2n) is 8.16. The number of aromatic nitrogens is 3. The Balaban J connectivity index is 1.21. The number of rotatable bonds is 7. The van der Waals surface area contributed by atoms with Gasteiger partial charge in [0.05, 0.1) is 36.8 Å². The first-order valence-corrected chi connectivity index (χ1v) is 11.1. The van der Waals surface area contributed by atoms with Gasteiger partial charge in [-0.25, -0.2) is 10.1 Å². The minimum absolute atomic E-state index is 0.0505. The number of piperazine rings is 1. The highest BCUT2D eigenvalue weighted by atomic mass is 19.4. The van der Waals surface area contributed by atoms with Crippen LogP contribution in [-0.2, 0) is 22.1 Å². The van der Waals surface area contributed by atoms with E-state index >= 15 is 0 Å². The lowest BCUT2D eigenvalue weighted by atomic mass is 10.1.